The smallest absolute Gasteiger partial charge is 0.186 e. The second-order valence-corrected chi connectivity index (χ2v) is 9.15. The first kappa shape index (κ1) is 27.4. The Kier molecular flexibility index (Phi) is 8.75. The van der Waals surface area contributed by atoms with Gasteiger partial charge in [0, 0.05) is 5.56 Å². The minimum atomic E-state index is -1.49. The number of phenolic OH excluding ortho intramolecular Hbond substituents is 1. The van der Waals surface area contributed by atoms with Gasteiger partial charge >= 0.3 is 0 Å². The predicted molar refractivity (Wildman–Crippen MR) is 129 cm³/mol. The van der Waals surface area contributed by atoms with Crippen LogP contribution in [0.5, 0.6) is 23.0 Å². The Bertz CT molecular complexity index is 1060. The van der Waals surface area contributed by atoms with Gasteiger partial charge in [-0.3, -0.25) is 0 Å². The lowest BCUT2D eigenvalue weighted by molar-refractivity contribution is -0.301. The Morgan fingerprint density at radius 3 is 2.32 bits per heavy atom. The molecule has 11 heteroatoms. The minimum absolute atomic E-state index is 0.00751. The maximum atomic E-state index is 10.2. The van der Waals surface area contributed by atoms with E-state index in [1.54, 1.807) is 12.1 Å². The fourth-order valence-electron chi connectivity index (χ4n) is 4.80. The van der Waals surface area contributed by atoms with Crippen LogP contribution in [0.25, 0.3) is 0 Å². The van der Waals surface area contributed by atoms with E-state index in [1.807, 2.05) is 12.1 Å². The number of aliphatic hydroxyl groups is 5. The van der Waals surface area contributed by atoms with Gasteiger partial charge in [0.2, 0.25) is 0 Å². The molecule has 204 valence electrons. The number of aryl methyl sites for hydroxylation is 1. The SMILES string of the molecule is COc1cc([C@@H]2Oc3c(OC)cc(CCCO[C@@H]4O[C@H](CO)[C@@H](O)[C@H](O)[C@H]4O)cc3[C@H]2CO)ccc1O. The third-order valence-corrected chi connectivity index (χ3v) is 6.84. The van der Waals surface area contributed by atoms with E-state index in [2.05, 4.69) is 0 Å². The molecule has 0 aliphatic carbocycles. The zero-order valence-corrected chi connectivity index (χ0v) is 20.7. The summed E-state index contributed by atoms with van der Waals surface area (Å²) in [5.41, 5.74) is 2.45. The number of phenols is 1. The predicted octanol–water partition coefficient (Wildman–Crippen LogP) is 0.368. The molecule has 2 aliphatic heterocycles. The molecular formula is C26H34O11. The topological polar surface area (TPSA) is 168 Å². The Morgan fingerprint density at radius 2 is 1.65 bits per heavy atom. The molecule has 2 aliphatic rings. The number of hydrogen-bond acceptors (Lipinski definition) is 11. The van der Waals surface area contributed by atoms with Crippen LogP contribution in [0.3, 0.4) is 0 Å². The highest BCUT2D eigenvalue weighted by Crippen LogP contribution is 2.51. The van der Waals surface area contributed by atoms with Crippen LogP contribution in [0, 0.1) is 0 Å². The summed E-state index contributed by atoms with van der Waals surface area (Å²) in [6.45, 7) is -0.516. The molecule has 1 saturated heterocycles. The third-order valence-electron chi connectivity index (χ3n) is 6.84. The zero-order chi connectivity index (χ0) is 26.7. The molecule has 37 heavy (non-hydrogen) atoms. The molecule has 4 rings (SSSR count). The van der Waals surface area contributed by atoms with Crippen molar-refractivity contribution in [3.8, 4) is 23.0 Å². The molecule has 7 atom stereocenters. The molecule has 0 radical (unpaired) electrons. The molecule has 2 aromatic carbocycles. The van der Waals surface area contributed by atoms with Crippen molar-refractivity contribution in [1.29, 1.82) is 0 Å². The van der Waals surface area contributed by atoms with Crippen LogP contribution in [0.1, 0.15) is 35.1 Å². The molecule has 0 unspecified atom stereocenters. The number of aliphatic hydroxyl groups excluding tert-OH is 5. The van der Waals surface area contributed by atoms with Gasteiger partial charge < -0.3 is 54.3 Å². The number of hydrogen-bond donors (Lipinski definition) is 6. The lowest BCUT2D eigenvalue weighted by Gasteiger charge is -2.39. The van der Waals surface area contributed by atoms with E-state index in [-0.39, 0.29) is 24.9 Å². The maximum absolute atomic E-state index is 10.2. The van der Waals surface area contributed by atoms with Crippen LogP contribution in [0.4, 0.5) is 0 Å². The standard InChI is InChI=1S/C26H34O11/c1-33-18-10-14(5-6-17(18)29)24-16(11-27)15-8-13(9-19(34-2)25(15)37-24)4-3-7-35-26-23(32)22(31)21(30)20(12-28)36-26/h5-6,8-10,16,20-24,26-32H,3-4,7,11-12H2,1-2H3/t16-,20-,21-,22+,23-,24+,26-/m1/s1. The summed E-state index contributed by atoms with van der Waals surface area (Å²) in [4.78, 5) is 0. The van der Waals surface area contributed by atoms with E-state index >= 15 is 0 Å². The number of fused-ring (bicyclic) bond motifs is 1. The van der Waals surface area contributed by atoms with Crippen molar-refractivity contribution in [2.75, 3.05) is 34.0 Å². The molecule has 0 bridgehead atoms. The Morgan fingerprint density at radius 1 is 0.892 bits per heavy atom. The summed E-state index contributed by atoms with van der Waals surface area (Å²) < 4.78 is 27.9. The lowest BCUT2D eigenvalue weighted by Crippen LogP contribution is -2.59. The monoisotopic (exact) mass is 522 g/mol. The summed E-state index contributed by atoms with van der Waals surface area (Å²) >= 11 is 0. The normalized spacial score (nSPS) is 29.0. The zero-order valence-electron chi connectivity index (χ0n) is 20.7. The first-order valence-corrected chi connectivity index (χ1v) is 12.1. The van der Waals surface area contributed by atoms with E-state index in [0.29, 0.717) is 30.1 Å². The van der Waals surface area contributed by atoms with Crippen molar-refractivity contribution >= 4 is 0 Å². The molecule has 2 heterocycles. The van der Waals surface area contributed by atoms with E-state index in [1.165, 1.54) is 20.3 Å². The van der Waals surface area contributed by atoms with Crippen LogP contribution >= 0.6 is 0 Å². The van der Waals surface area contributed by atoms with Crippen molar-refractivity contribution in [1.82, 2.24) is 0 Å². The van der Waals surface area contributed by atoms with Gasteiger partial charge in [-0.05, 0) is 42.2 Å². The van der Waals surface area contributed by atoms with Crippen molar-refractivity contribution in [3.05, 3.63) is 47.0 Å². The van der Waals surface area contributed by atoms with Crippen molar-refractivity contribution in [2.24, 2.45) is 0 Å². The minimum Gasteiger partial charge on any atom is -0.504 e. The van der Waals surface area contributed by atoms with Gasteiger partial charge in [-0.1, -0.05) is 12.1 Å². The summed E-state index contributed by atoms with van der Waals surface area (Å²) in [5.74, 6) is 1.01. The van der Waals surface area contributed by atoms with Gasteiger partial charge in [0.1, 0.15) is 30.5 Å². The maximum Gasteiger partial charge on any atom is 0.186 e. The summed E-state index contributed by atoms with van der Waals surface area (Å²) in [6.07, 6.45) is -6.00. The number of rotatable bonds is 10. The fourth-order valence-corrected chi connectivity index (χ4v) is 4.80. The molecule has 1 fully saturated rings. The number of aromatic hydroxyl groups is 1. The molecule has 0 spiro atoms. The molecule has 6 N–H and O–H groups in total. The van der Waals surface area contributed by atoms with Crippen LogP contribution in [-0.4, -0.2) is 95.4 Å². The molecular weight excluding hydrogens is 488 g/mol. The summed E-state index contributed by atoms with van der Waals surface area (Å²) in [5, 5.41) is 59.4. The molecule has 2 aromatic rings. The van der Waals surface area contributed by atoms with Gasteiger partial charge in [0.15, 0.2) is 29.3 Å². The number of methoxy groups -OCH3 is 2. The van der Waals surface area contributed by atoms with Crippen molar-refractivity contribution in [2.45, 2.75) is 55.6 Å². The van der Waals surface area contributed by atoms with E-state index in [9.17, 15) is 30.6 Å². The van der Waals surface area contributed by atoms with E-state index in [4.69, 9.17) is 23.7 Å². The Hall–Kier alpha value is -2.64. The van der Waals surface area contributed by atoms with Crippen LogP contribution in [0.2, 0.25) is 0 Å². The lowest BCUT2D eigenvalue weighted by atomic mass is 9.90. The molecule has 0 saturated carbocycles. The quantitative estimate of drug-likeness (QED) is 0.239. The van der Waals surface area contributed by atoms with Gasteiger partial charge in [0.05, 0.1) is 40.0 Å². The summed E-state index contributed by atoms with van der Waals surface area (Å²) in [6, 6.07) is 8.72. The van der Waals surface area contributed by atoms with Crippen LogP contribution in [0.15, 0.2) is 30.3 Å². The van der Waals surface area contributed by atoms with E-state index in [0.717, 1.165) is 16.7 Å². The highest BCUT2D eigenvalue weighted by molar-refractivity contribution is 5.56. The molecule has 0 aromatic heterocycles. The fraction of sp³-hybridized carbons (Fsp3) is 0.538. The van der Waals surface area contributed by atoms with Gasteiger partial charge in [-0.15, -0.1) is 0 Å². The average Bonchev–Trinajstić information content (AvgIpc) is 3.29. The van der Waals surface area contributed by atoms with Gasteiger partial charge in [0.25, 0.3) is 0 Å². The summed E-state index contributed by atoms with van der Waals surface area (Å²) in [7, 11) is 3.00. The number of benzene rings is 2. The molecule has 0 amide bonds. The Labute approximate surface area is 214 Å². The number of ether oxygens (including phenoxy) is 5. The first-order chi connectivity index (χ1) is 17.8. The second kappa shape index (κ2) is 11.8. The van der Waals surface area contributed by atoms with Crippen molar-refractivity contribution in [3.63, 3.8) is 0 Å². The second-order valence-electron chi connectivity index (χ2n) is 9.15. The third kappa shape index (κ3) is 5.48. The first-order valence-electron chi connectivity index (χ1n) is 12.1. The highest BCUT2D eigenvalue weighted by Gasteiger charge is 2.44. The Balaban J connectivity index is 1.44. The van der Waals surface area contributed by atoms with Crippen LogP contribution in [-0.2, 0) is 15.9 Å². The van der Waals surface area contributed by atoms with E-state index < -0.39 is 43.4 Å². The van der Waals surface area contributed by atoms with Gasteiger partial charge in [-0.25, -0.2) is 0 Å². The van der Waals surface area contributed by atoms with Gasteiger partial charge in [-0.2, -0.15) is 0 Å². The average molecular weight is 523 g/mol. The molecule has 11 nitrogen and oxygen atoms in total. The van der Waals surface area contributed by atoms with Crippen LogP contribution < -0.4 is 14.2 Å². The van der Waals surface area contributed by atoms with Crippen molar-refractivity contribution < 1.29 is 54.3 Å². The largest absolute Gasteiger partial charge is 0.504 e. The highest BCUT2D eigenvalue weighted by atomic mass is 16.7.